The van der Waals surface area contributed by atoms with Crippen LogP contribution in [0.15, 0.2) is 16.7 Å². The molecular formula is C6H2BrF3N. The van der Waals surface area contributed by atoms with E-state index in [2.05, 4.69) is 27.0 Å². The third-order valence-electron chi connectivity index (χ3n) is 0.960. The molecule has 0 N–H and O–H groups in total. The largest absolute Gasteiger partial charge is 0.433 e. The highest BCUT2D eigenvalue weighted by Gasteiger charge is 2.32. The van der Waals surface area contributed by atoms with Crippen LogP contribution in [0.3, 0.4) is 0 Å². The van der Waals surface area contributed by atoms with Gasteiger partial charge in [0.1, 0.15) is 5.69 Å². The van der Waals surface area contributed by atoms with Crippen LogP contribution in [0.2, 0.25) is 0 Å². The van der Waals surface area contributed by atoms with E-state index in [0.29, 0.717) is 0 Å². The summed E-state index contributed by atoms with van der Waals surface area (Å²) in [5.74, 6) is 0. The standard InChI is InChI=1S/C6H2BrF3N/c7-4-1-2-11-5(3-4)6(8,9)10/h2-3H. The van der Waals surface area contributed by atoms with E-state index in [9.17, 15) is 13.2 Å². The van der Waals surface area contributed by atoms with Crippen molar-refractivity contribution in [2.75, 3.05) is 0 Å². The molecule has 0 bridgehead atoms. The molecule has 0 saturated heterocycles. The Morgan fingerprint density at radius 2 is 2.09 bits per heavy atom. The molecule has 1 rings (SSSR count). The number of nitrogens with zero attached hydrogens (tertiary/aromatic N) is 1. The Kier molecular flexibility index (Phi) is 2.17. The van der Waals surface area contributed by atoms with Crippen LogP contribution in [0.25, 0.3) is 0 Å². The quantitative estimate of drug-likeness (QED) is 0.661. The Hall–Kier alpha value is -0.580. The molecule has 0 aliphatic carbocycles. The fraction of sp³-hybridized carbons (Fsp3) is 0.167. The van der Waals surface area contributed by atoms with Crippen molar-refractivity contribution in [1.29, 1.82) is 0 Å². The van der Waals surface area contributed by atoms with Crippen LogP contribution >= 0.6 is 15.9 Å². The van der Waals surface area contributed by atoms with Crippen LogP contribution in [0.4, 0.5) is 13.2 Å². The second kappa shape index (κ2) is 2.81. The zero-order chi connectivity index (χ0) is 8.48. The lowest BCUT2D eigenvalue weighted by Crippen LogP contribution is -2.07. The molecule has 0 saturated carbocycles. The molecule has 0 aliphatic rings. The summed E-state index contributed by atoms with van der Waals surface area (Å²) in [7, 11) is 0. The summed E-state index contributed by atoms with van der Waals surface area (Å²) in [4.78, 5) is 3.10. The number of rotatable bonds is 0. The maximum atomic E-state index is 11.9. The van der Waals surface area contributed by atoms with Crippen molar-refractivity contribution < 1.29 is 13.2 Å². The number of hydrogen-bond donors (Lipinski definition) is 0. The van der Waals surface area contributed by atoms with E-state index in [1.165, 1.54) is 0 Å². The fourth-order valence-corrected chi connectivity index (χ4v) is 0.837. The van der Waals surface area contributed by atoms with Crippen LogP contribution in [0.5, 0.6) is 0 Å². The summed E-state index contributed by atoms with van der Waals surface area (Å²) in [6, 6.07) is 3.32. The van der Waals surface area contributed by atoms with Gasteiger partial charge in [-0.3, -0.25) is 4.98 Å². The third kappa shape index (κ3) is 2.18. The topological polar surface area (TPSA) is 12.9 Å². The molecule has 1 aromatic heterocycles. The molecule has 0 amide bonds. The second-order valence-corrected chi connectivity index (χ2v) is 2.63. The van der Waals surface area contributed by atoms with E-state index in [-0.39, 0.29) is 4.47 Å². The van der Waals surface area contributed by atoms with Crippen LogP contribution in [-0.2, 0) is 6.18 Å². The number of pyridine rings is 1. The molecule has 1 heterocycles. The molecule has 11 heavy (non-hydrogen) atoms. The van der Waals surface area contributed by atoms with Crippen molar-refractivity contribution in [1.82, 2.24) is 4.98 Å². The number of aromatic nitrogens is 1. The minimum atomic E-state index is -4.38. The Labute approximate surface area is 69.4 Å². The van der Waals surface area contributed by atoms with Gasteiger partial charge in [-0.05, 0) is 6.07 Å². The molecule has 0 unspecified atom stereocenters. The van der Waals surface area contributed by atoms with Crippen molar-refractivity contribution in [3.63, 3.8) is 0 Å². The van der Waals surface area contributed by atoms with Gasteiger partial charge in [-0.1, -0.05) is 15.9 Å². The molecule has 1 radical (unpaired) electrons. The summed E-state index contributed by atoms with van der Waals surface area (Å²) in [6.45, 7) is 0. The first-order chi connectivity index (χ1) is 5.00. The Morgan fingerprint density at radius 3 is 2.45 bits per heavy atom. The van der Waals surface area contributed by atoms with Crippen molar-refractivity contribution in [2.45, 2.75) is 6.18 Å². The monoisotopic (exact) mass is 224 g/mol. The van der Waals surface area contributed by atoms with Crippen molar-refractivity contribution in [2.24, 2.45) is 0 Å². The van der Waals surface area contributed by atoms with Gasteiger partial charge in [-0.25, -0.2) is 0 Å². The average Bonchev–Trinajstić information content (AvgIpc) is 1.86. The van der Waals surface area contributed by atoms with Crippen LogP contribution in [-0.4, -0.2) is 4.98 Å². The van der Waals surface area contributed by atoms with E-state index in [1.807, 2.05) is 0 Å². The summed E-state index contributed by atoms with van der Waals surface area (Å²) in [6.07, 6.45) is -3.40. The lowest BCUT2D eigenvalue weighted by molar-refractivity contribution is -0.141. The highest BCUT2D eigenvalue weighted by atomic mass is 79.9. The van der Waals surface area contributed by atoms with E-state index in [1.54, 1.807) is 0 Å². The summed E-state index contributed by atoms with van der Waals surface area (Å²) in [5, 5.41) is 0. The van der Waals surface area contributed by atoms with Gasteiger partial charge in [0.15, 0.2) is 0 Å². The number of hydrogen-bond acceptors (Lipinski definition) is 1. The maximum Gasteiger partial charge on any atom is 0.433 e. The third-order valence-corrected chi connectivity index (χ3v) is 1.42. The van der Waals surface area contributed by atoms with Crippen molar-refractivity contribution in [3.8, 4) is 0 Å². The summed E-state index contributed by atoms with van der Waals surface area (Å²) < 4.78 is 35.9. The Morgan fingerprint density at radius 1 is 1.45 bits per heavy atom. The lowest BCUT2D eigenvalue weighted by atomic mass is 10.3. The van der Waals surface area contributed by atoms with Crippen LogP contribution in [0.1, 0.15) is 5.69 Å². The molecule has 0 atom stereocenters. The van der Waals surface area contributed by atoms with E-state index < -0.39 is 11.9 Å². The fourth-order valence-electron chi connectivity index (χ4n) is 0.517. The number of alkyl halides is 3. The van der Waals surface area contributed by atoms with Crippen LogP contribution < -0.4 is 0 Å². The molecule has 1 nitrogen and oxygen atoms in total. The maximum absolute atomic E-state index is 11.9. The molecule has 0 spiro atoms. The second-order valence-electron chi connectivity index (χ2n) is 1.78. The zero-order valence-electron chi connectivity index (χ0n) is 5.11. The predicted octanol–water partition coefficient (Wildman–Crippen LogP) is 2.66. The highest BCUT2D eigenvalue weighted by molar-refractivity contribution is 9.10. The molecular weight excluding hydrogens is 223 g/mol. The zero-order valence-corrected chi connectivity index (χ0v) is 6.70. The van der Waals surface area contributed by atoms with Gasteiger partial charge in [0.05, 0.1) is 0 Å². The Bertz CT molecular complexity index is 258. The predicted molar refractivity (Wildman–Crippen MR) is 35.8 cm³/mol. The SMILES string of the molecule is FC(F)(F)c1cc(Br)[c]cn1. The van der Waals surface area contributed by atoms with Gasteiger partial charge in [0.25, 0.3) is 0 Å². The van der Waals surface area contributed by atoms with Crippen molar-refractivity contribution >= 4 is 15.9 Å². The van der Waals surface area contributed by atoms with Gasteiger partial charge in [0.2, 0.25) is 0 Å². The normalized spacial score (nSPS) is 11.6. The van der Waals surface area contributed by atoms with E-state index in [4.69, 9.17) is 0 Å². The first kappa shape index (κ1) is 8.52. The highest BCUT2D eigenvalue weighted by Crippen LogP contribution is 2.28. The smallest absolute Gasteiger partial charge is 0.251 e. The minimum Gasteiger partial charge on any atom is -0.251 e. The van der Waals surface area contributed by atoms with Crippen molar-refractivity contribution in [3.05, 3.63) is 28.5 Å². The molecule has 0 fully saturated rings. The van der Waals surface area contributed by atoms with Gasteiger partial charge >= 0.3 is 6.18 Å². The summed E-state index contributed by atoms with van der Waals surface area (Å²) in [5.41, 5.74) is -0.914. The Balaban J connectivity index is 3.06. The van der Waals surface area contributed by atoms with E-state index in [0.717, 1.165) is 12.3 Å². The minimum absolute atomic E-state index is 0.250. The molecule has 59 valence electrons. The molecule has 0 aliphatic heterocycles. The molecule has 1 aromatic rings. The van der Waals surface area contributed by atoms with Gasteiger partial charge in [-0.2, -0.15) is 13.2 Å². The van der Waals surface area contributed by atoms with Gasteiger partial charge in [0, 0.05) is 16.7 Å². The van der Waals surface area contributed by atoms with E-state index >= 15 is 0 Å². The average molecular weight is 225 g/mol. The first-order valence-corrected chi connectivity index (χ1v) is 3.40. The molecule has 5 heteroatoms. The van der Waals surface area contributed by atoms with Gasteiger partial charge in [-0.15, -0.1) is 0 Å². The first-order valence-electron chi connectivity index (χ1n) is 2.60. The van der Waals surface area contributed by atoms with Gasteiger partial charge < -0.3 is 0 Å². The summed E-state index contributed by atoms with van der Waals surface area (Å²) >= 11 is 2.86. The van der Waals surface area contributed by atoms with Crippen LogP contribution in [0, 0.1) is 6.07 Å². The number of halogens is 4. The molecule has 0 aromatic carbocycles. The lowest BCUT2D eigenvalue weighted by Gasteiger charge is -2.03.